The van der Waals surface area contributed by atoms with Crippen molar-refractivity contribution >= 4 is 17.8 Å². The molecule has 4 N–H and O–H groups in total. The van der Waals surface area contributed by atoms with Crippen molar-refractivity contribution in [3.63, 3.8) is 0 Å². The molecule has 4 amide bonds. The second-order valence-electron chi connectivity index (χ2n) is 6.27. The number of amides is 4. The number of urea groups is 1. The van der Waals surface area contributed by atoms with E-state index in [0.717, 1.165) is 11.1 Å². The second kappa shape index (κ2) is 10.6. The van der Waals surface area contributed by atoms with Crippen LogP contribution in [0, 0.1) is 19.7 Å². The van der Waals surface area contributed by atoms with Crippen LogP contribution in [0.3, 0.4) is 0 Å². The molecule has 29 heavy (non-hydrogen) atoms. The molecule has 2 aromatic rings. The first kappa shape index (κ1) is 21.7. The molecule has 0 saturated heterocycles. The number of aryl methyl sites for hydroxylation is 2. The molecule has 0 radical (unpaired) electrons. The zero-order valence-corrected chi connectivity index (χ0v) is 16.2. The molecule has 0 aliphatic carbocycles. The fourth-order valence-corrected chi connectivity index (χ4v) is 2.39. The largest absolute Gasteiger partial charge is 0.483 e. The van der Waals surface area contributed by atoms with Crippen molar-refractivity contribution in [2.75, 3.05) is 13.2 Å². The smallest absolute Gasteiger partial charge is 0.315 e. The normalized spacial score (nSPS) is 10.0. The lowest BCUT2D eigenvalue weighted by Crippen LogP contribution is -2.49. The van der Waals surface area contributed by atoms with E-state index in [1.165, 1.54) is 12.1 Å². The maximum atomic E-state index is 12.8. The van der Waals surface area contributed by atoms with Gasteiger partial charge in [-0.3, -0.25) is 20.4 Å². The van der Waals surface area contributed by atoms with Crippen LogP contribution in [0.2, 0.25) is 0 Å². The van der Waals surface area contributed by atoms with Crippen molar-refractivity contribution in [2.45, 2.75) is 20.4 Å². The molecule has 2 aromatic carbocycles. The summed E-state index contributed by atoms with van der Waals surface area (Å²) in [6.07, 6.45) is 0. The van der Waals surface area contributed by atoms with Gasteiger partial charge < -0.3 is 15.4 Å². The number of nitrogens with one attached hydrogen (secondary N) is 4. The summed E-state index contributed by atoms with van der Waals surface area (Å²) in [4.78, 5) is 35.1. The van der Waals surface area contributed by atoms with Gasteiger partial charge in [0.15, 0.2) is 6.61 Å². The number of benzene rings is 2. The van der Waals surface area contributed by atoms with Crippen molar-refractivity contribution in [1.29, 1.82) is 0 Å². The molecule has 0 fully saturated rings. The van der Waals surface area contributed by atoms with E-state index in [9.17, 15) is 18.8 Å². The number of hydrazine groups is 1. The maximum absolute atomic E-state index is 12.8. The molecule has 2 rings (SSSR count). The number of hydrogen-bond donors (Lipinski definition) is 4. The number of halogens is 1. The lowest BCUT2D eigenvalue weighted by atomic mass is 10.1. The first-order chi connectivity index (χ1) is 13.8. The van der Waals surface area contributed by atoms with Crippen molar-refractivity contribution in [3.8, 4) is 5.75 Å². The highest BCUT2D eigenvalue weighted by Crippen LogP contribution is 2.21. The Morgan fingerprint density at radius 3 is 2.17 bits per heavy atom. The van der Waals surface area contributed by atoms with Gasteiger partial charge in [-0.2, -0.15) is 0 Å². The van der Waals surface area contributed by atoms with E-state index in [0.29, 0.717) is 11.3 Å². The average molecular weight is 402 g/mol. The third kappa shape index (κ3) is 7.49. The summed E-state index contributed by atoms with van der Waals surface area (Å²) in [5.74, 6) is -0.894. The Morgan fingerprint density at radius 2 is 1.52 bits per heavy atom. The average Bonchev–Trinajstić information content (AvgIpc) is 2.70. The minimum Gasteiger partial charge on any atom is -0.483 e. The van der Waals surface area contributed by atoms with E-state index in [2.05, 4.69) is 21.5 Å². The molecule has 0 atom stereocenters. The van der Waals surface area contributed by atoms with Crippen LogP contribution >= 0.6 is 0 Å². The standard InChI is InChI=1S/C20H23FN4O4/c1-13-4-3-5-14(2)19(13)29-12-18(27)25-24-17(26)11-23-20(28)22-10-15-6-8-16(21)9-7-15/h3-9H,10-12H2,1-2H3,(H,24,26)(H,25,27)(H2,22,23,28). The zero-order chi connectivity index (χ0) is 21.2. The quantitative estimate of drug-likeness (QED) is 0.526. The van der Waals surface area contributed by atoms with Gasteiger partial charge in [-0.15, -0.1) is 0 Å². The highest BCUT2D eigenvalue weighted by Gasteiger charge is 2.09. The van der Waals surface area contributed by atoms with Crippen LogP contribution in [0.25, 0.3) is 0 Å². The fourth-order valence-electron chi connectivity index (χ4n) is 2.39. The van der Waals surface area contributed by atoms with E-state index in [1.54, 1.807) is 12.1 Å². The lowest BCUT2D eigenvalue weighted by molar-refractivity contribution is -0.129. The van der Waals surface area contributed by atoms with E-state index in [4.69, 9.17) is 4.74 Å². The molecule has 9 heteroatoms. The van der Waals surface area contributed by atoms with Crippen LogP contribution in [-0.2, 0) is 16.1 Å². The van der Waals surface area contributed by atoms with Crippen molar-refractivity contribution in [2.24, 2.45) is 0 Å². The van der Waals surface area contributed by atoms with Crippen molar-refractivity contribution in [3.05, 3.63) is 65.0 Å². The van der Waals surface area contributed by atoms with Crippen LogP contribution < -0.4 is 26.2 Å². The predicted octanol–water partition coefficient (Wildman–Crippen LogP) is 1.47. The third-order valence-electron chi connectivity index (χ3n) is 3.87. The molecule has 0 saturated carbocycles. The van der Waals surface area contributed by atoms with Gasteiger partial charge in [0.25, 0.3) is 11.8 Å². The van der Waals surface area contributed by atoms with Crippen LogP contribution in [0.1, 0.15) is 16.7 Å². The third-order valence-corrected chi connectivity index (χ3v) is 3.87. The Kier molecular flexibility index (Phi) is 7.96. The molecular formula is C20H23FN4O4. The lowest BCUT2D eigenvalue weighted by Gasteiger charge is -2.12. The van der Waals surface area contributed by atoms with E-state index < -0.39 is 17.8 Å². The van der Waals surface area contributed by atoms with Crippen LogP contribution in [-0.4, -0.2) is 31.0 Å². The topological polar surface area (TPSA) is 109 Å². The first-order valence-electron chi connectivity index (χ1n) is 8.88. The monoisotopic (exact) mass is 402 g/mol. The Balaban J connectivity index is 1.62. The molecule has 0 heterocycles. The van der Waals surface area contributed by atoms with Gasteiger partial charge in [0, 0.05) is 6.54 Å². The van der Waals surface area contributed by atoms with E-state index in [1.807, 2.05) is 32.0 Å². The zero-order valence-electron chi connectivity index (χ0n) is 16.2. The predicted molar refractivity (Wildman–Crippen MR) is 104 cm³/mol. The molecule has 8 nitrogen and oxygen atoms in total. The Hall–Kier alpha value is -3.62. The molecule has 0 bridgehead atoms. The van der Waals surface area contributed by atoms with Gasteiger partial charge in [-0.25, -0.2) is 9.18 Å². The number of ether oxygens (including phenoxy) is 1. The highest BCUT2D eigenvalue weighted by molar-refractivity contribution is 5.86. The minimum atomic E-state index is -0.609. The Labute approximate surface area is 167 Å². The fraction of sp³-hybridized carbons (Fsp3) is 0.250. The van der Waals surface area contributed by atoms with Gasteiger partial charge in [0.2, 0.25) is 0 Å². The van der Waals surface area contributed by atoms with Gasteiger partial charge in [-0.1, -0.05) is 30.3 Å². The number of rotatable bonds is 7. The van der Waals surface area contributed by atoms with Gasteiger partial charge in [0.1, 0.15) is 18.1 Å². The highest BCUT2D eigenvalue weighted by atomic mass is 19.1. The summed E-state index contributed by atoms with van der Waals surface area (Å²) in [5.41, 5.74) is 6.90. The summed E-state index contributed by atoms with van der Waals surface area (Å²) < 4.78 is 18.3. The minimum absolute atomic E-state index is 0.181. The molecule has 0 aliphatic rings. The summed E-state index contributed by atoms with van der Waals surface area (Å²) in [6.45, 7) is 3.31. The summed E-state index contributed by atoms with van der Waals surface area (Å²) >= 11 is 0. The van der Waals surface area contributed by atoms with Gasteiger partial charge >= 0.3 is 6.03 Å². The number of carbonyl (C=O) groups is 3. The van der Waals surface area contributed by atoms with Gasteiger partial charge in [0.05, 0.1) is 0 Å². The molecular weight excluding hydrogens is 379 g/mol. The summed E-state index contributed by atoms with van der Waals surface area (Å²) in [5, 5.41) is 4.87. The van der Waals surface area contributed by atoms with Crippen LogP contribution in [0.4, 0.5) is 9.18 Å². The molecule has 0 aromatic heterocycles. The molecule has 154 valence electrons. The summed E-state index contributed by atoms with van der Waals surface area (Å²) in [7, 11) is 0. The van der Waals surface area contributed by atoms with Gasteiger partial charge in [-0.05, 0) is 42.7 Å². The Morgan fingerprint density at radius 1 is 0.897 bits per heavy atom. The number of carbonyl (C=O) groups excluding carboxylic acids is 3. The molecule has 0 unspecified atom stereocenters. The summed E-state index contributed by atoms with van der Waals surface area (Å²) in [6, 6.07) is 10.7. The van der Waals surface area contributed by atoms with Crippen molar-refractivity contribution < 1.29 is 23.5 Å². The van der Waals surface area contributed by atoms with E-state index >= 15 is 0 Å². The SMILES string of the molecule is Cc1cccc(C)c1OCC(=O)NNC(=O)CNC(=O)NCc1ccc(F)cc1. The number of para-hydroxylation sites is 1. The number of hydrogen-bond acceptors (Lipinski definition) is 4. The van der Waals surface area contributed by atoms with Crippen LogP contribution in [0.15, 0.2) is 42.5 Å². The molecule has 0 aliphatic heterocycles. The van der Waals surface area contributed by atoms with E-state index in [-0.39, 0.29) is 25.5 Å². The first-order valence-corrected chi connectivity index (χ1v) is 8.88. The molecule has 0 spiro atoms. The van der Waals surface area contributed by atoms with Crippen molar-refractivity contribution in [1.82, 2.24) is 21.5 Å². The second-order valence-corrected chi connectivity index (χ2v) is 6.27. The van der Waals surface area contributed by atoms with Crippen LogP contribution in [0.5, 0.6) is 5.75 Å². The maximum Gasteiger partial charge on any atom is 0.315 e. The Bertz CT molecular complexity index is 851.